The Morgan fingerprint density at radius 2 is 1.41 bits per heavy atom. The molecule has 0 N–H and O–H groups in total. The van der Waals surface area contributed by atoms with E-state index in [1.807, 2.05) is 0 Å². The van der Waals surface area contributed by atoms with Crippen LogP contribution >= 0.6 is 0 Å². The Morgan fingerprint density at radius 3 is 2.03 bits per heavy atom. The third-order valence-electron chi connectivity index (χ3n) is 6.70. The largest absolute Gasteiger partial charge is 0.213 e. The molecule has 0 amide bonds. The molecule has 166 valence electrons. The second kappa shape index (κ2) is 7.73. The zero-order valence-corrected chi connectivity index (χ0v) is 21.4. The summed E-state index contributed by atoms with van der Waals surface area (Å²) in [6.45, 7) is 18.4. The fraction of sp³-hybridized carbons (Fsp3) is 0.387. The second-order valence-electron chi connectivity index (χ2n) is 11.8. The molecule has 4 rings (SSSR count). The summed E-state index contributed by atoms with van der Waals surface area (Å²) >= 11 is 0. The molecule has 0 spiro atoms. The molecule has 0 saturated carbocycles. The zero-order valence-electron chi connectivity index (χ0n) is 21.4. The predicted octanol–water partition coefficient (Wildman–Crippen LogP) is 7.99. The molecule has 0 unspecified atom stereocenters. The Labute approximate surface area is 194 Å². The lowest BCUT2D eigenvalue weighted by Gasteiger charge is -2.24. The molecule has 0 aliphatic carbocycles. The van der Waals surface area contributed by atoms with Crippen molar-refractivity contribution in [3.8, 4) is 11.3 Å². The van der Waals surface area contributed by atoms with Crippen LogP contribution in [0.15, 0.2) is 54.6 Å². The van der Waals surface area contributed by atoms with Crippen LogP contribution in [0.25, 0.3) is 32.9 Å². The molecule has 4 aromatic rings. The molecule has 0 fully saturated rings. The monoisotopic (exact) mass is 424 g/mol. The summed E-state index contributed by atoms with van der Waals surface area (Å²) < 4.78 is 2.40. The summed E-state index contributed by atoms with van der Waals surface area (Å²) in [5.74, 6) is 0. The molecule has 0 aliphatic heterocycles. The van der Waals surface area contributed by atoms with Gasteiger partial charge in [-0.05, 0) is 76.3 Å². The molecule has 1 aromatic heterocycles. The number of pyridine rings is 1. The highest BCUT2D eigenvalue weighted by molar-refractivity contribution is 5.94. The maximum atomic E-state index is 2.44. The molecule has 0 bridgehead atoms. The SMILES string of the molecule is Cc1c(-c2cc(C)c3ccc(CC(C)(C)C)cc3[n+]2C)cc(C(C)(C)C)c2ccccc12. The van der Waals surface area contributed by atoms with E-state index in [0.717, 1.165) is 6.42 Å². The fourth-order valence-corrected chi connectivity index (χ4v) is 5.09. The van der Waals surface area contributed by atoms with Crippen molar-refractivity contribution in [3.05, 3.63) is 76.9 Å². The lowest BCUT2D eigenvalue weighted by molar-refractivity contribution is -0.633. The second-order valence-corrected chi connectivity index (χ2v) is 11.8. The van der Waals surface area contributed by atoms with Gasteiger partial charge in [0.25, 0.3) is 0 Å². The molecule has 3 aromatic carbocycles. The van der Waals surface area contributed by atoms with Gasteiger partial charge in [-0.2, -0.15) is 4.57 Å². The minimum Gasteiger partial charge on any atom is -0.194 e. The number of benzene rings is 3. The van der Waals surface area contributed by atoms with Gasteiger partial charge in [0.05, 0.1) is 0 Å². The molecule has 0 saturated heterocycles. The smallest absolute Gasteiger partial charge is 0.194 e. The third kappa shape index (κ3) is 4.06. The van der Waals surface area contributed by atoms with Crippen molar-refractivity contribution in [2.24, 2.45) is 12.5 Å². The van der Waals surface area contributed by atoms with Crippen molar-refractivity contribution >= 4 is 21.7 Å². The summed E-state index contributed by atoms with van der Waals surface area (Å²) in [6, 6.07) is 20.7. The van der Waals surface area contributed by atoms with Crippen LogP contribution in [0.1, 0.15) is 63.8 Å². The van der Waals surface area contributed by atoms with Crippen LogP contribution in [0.5, 0.6) is 0 Å². The highest BCUT2D eigenvalue weighted by Gasteiger charge is 2.25. The maximum absolute atomic E-state index is 2.44. The van der Waals surface area contributed by atoms with Gasteiger partial charge in [0, 0.05) is 23.1 Å². The number of nitrogens with zero attached hydrogens (tertiary/aromatic N) is 1. The van der Waals surface area contributed by atoms with Crippen LogP contribution in [-0.4, -0.2) is 0 Å². The summed E-state index contributed by atoms with van der Waals surface area (Å²) in [7, 11) is 2.23. The Hall–Kier alpha value is -2.67. The summed E-state index contributed by atoms with van der Waals surface area (Å²) in [5.41, 5.74) is 9.79. The molecule has 1 nitrogen and oxygen atoms in total. The van der Waals surface area contributed by atoms with Crippen molar-refractivity contribution in [3.63, 3.8) is 0 Å². The number of aryl methyl sites for hydroxylation is 3. The van der Waals surface area contributed by atoms with Gasteiger partial charge in [-0.3, -0.25) is 0 Å². The van der Waals surface area contributed by atoms with Gasteiger partial charge < -0.3 is 0 Å². The first-order valence-electron chi connectivity index (χ1n) is 11.8. The minimum absolute atomic E-state index is 0.0758. The summed E-state index contributed by atoms with van der Waals surface area (Å²) in [4.78, 5) is 0. The molecule has 0 radical (unpaired) electrons. The van der Waals surface area contributed by atoms with Crippen LogP contribution in [0.4, 0.5) is 0 Å². The van der Waals surface area contributed by atoms with Crippen LogP contribution in [0, 0.1) is 19.3 Å². The lowest BCUT2D eigenvalue weighted by atomic mass is 9.80. The first kappa shape index (κ1) is 22.5. The Kier molecular flexibility index (Phi) is 5.44. The van der Waals surface area contributed by atoms with Crippen molar-refractivity contribution in [2.45, 2.75) is 67.2 Å². The van der Waals surface area contributed by atoms with Gasteiger partial charge in [-0.1, -0.05) is 71.9 Å². The first-order chi connectivity index (χ1) is 14.9. The summed E-state index contributed by atoms with van der Waals surface area (Å²) in [6.07, 6.45) is 1.08. The zero-order chi connectivity index (χ0) is 23.4. The normalized spacial score (nSPS) is 12.7. The minimum atomic E-state index is 0.0758. The molecular formula is C31H38N+. The third-order valence-corrected chi connectivity index (χ3v) is 6.70. The van der Waals surface area contributed by atoms with E-state index in [0.29, 0.717) is 0 Å². The topological polar surface area (TPSA) is 3.88 Å². The standard InChI is InChI=1S/C31H38N/c1-20-16-28(32(9)29-17-22(14-15-23(20)29)19-30(3,4)5)26-18-27(31(6,7)8)25-13-11-10-12-24(25)21(26)2/h10-18H,19H2,1-9H3/q+1. The van der Waals surface area contributed by atoms with E-state index in [1.54, 1.807) is 0 Å². The maximum Gasteiger partial charge on any atom is 0.213 e. The Bertz CT molecular complexity index is 1330. The fourth-order valence-electron chi connectivity index (χ4n) is 5.09. The molecule has 32 heavy (non-hydrogen) atoms. The molecular weight excluding hydrogens is 386 g/mol. The predicted molar refractivity (Wildman–Crippen MR) is 139 cm³/mol. The molecule has 0 aliphatic rings. The van der Waals surface area contributed by atoms with E-state index in [1.165, 1.54) is 55.2 Å². The van der Waals surface area contributed by atoms with Crippen LogP contribution in [0.2, 0.25) is 0 Å². The van der Waals surface area contributed by atoms with Gasteiger partial charge in [0.15, 0.2) is 0 Å². The van der Waals surface area contributed by atoms with Gasteiger partial charge in [0.2, 0.25) is 11.2 Å². The van der Waals surface area contributed by atoms with E-state index in [-0.39, 0.29) is 10.8 Å². The van der Waals surface area contributed by atoms with Gasteiger partial charge in [-0.15, -0.1) is 0 Å². The summed E-state index contributed by atoms with van der Waals surface area (Å²) in [5, 5.41) is 4.06. The van der Waals surface area contributed by atoms with E-state index in [9.17, 15) is 0 Å². The number of hydrogen-bond acceptors (Lipinski definition) is 0. The van der Waals surface area contributed by atoms with Gasteiger partial charge >= 0.3 is 0 Å². The van der Waals surface area contributed by atoms with Crippen LogP contribution < -0.4 is 4.57 Å². The van der Waals surface area contributed by atoms with Crippen molar-refractivity contribution in [1.82, 2.24) is 0 Å². The lowest BCUT2D eigenvalue weighted by Crippen LogP contribution is -2.33. The van der Waals surface area contributed by atoms with E-state index < -0.39 is 0 Å². The number of rotatable bonds is 2. The van der Waals surface area contributed by atoms with Gasteiger partial charge in [-0.25, -0.2) is 0 Å². The van der Waals surface area contributed by atoms with Gasteiger partial charge in [0.1, 0.15) is 7.05 Å². The molecule has 1 heteroatoms. The van der Waals surface area contributed by atoms with E-state index in [2.05, 4.69) is 122 Å². The van der Waals surface area contributed by atoms with Crippen molar-refractivity contribution in [2.75, 3.05) is 0 Å². The van der Waals surface area contributed by atoms with Crippen LogP contribution in [0.3, 0.4) is 0 Å². The van der Waals surface area contributed by atoms with E-state index >= 15 is 0 Å². The number of fused-ring (bicyclic) bond motifs is 2. The van der Waals surface area contributed by atoms with Crippen molar-refractivity contribution in [1.29, 1.82) is 0 Å². The Morgan fingerprint density at radius 1 is 0.750 bits per heavy atom. The number of aromatic nitrogens is 1. The molecule has 0 atom stereocenters. The highest BCUT2D eigenvalue weighted by Crippen LogP contribution is 2.37. The molecule has 1 heterocycles. The first-order valence-corrected chi connectivity index (χ1v) is 11.8. The Balaban J connectivity index is 2.03. The van der Waals surface area contributed by atoms with E-state index in [4.69, 9.17) is 0 Å². The quantitative estimate of drug-likeness (QED) is 0.287. The average molecular weight is 425 g/mol. The number of hydrogen-bond donors (Lipinski definition) is 0. The van der Waals surface area contributed by atoms with Crippen LogP contribution in [-0.2, 0) is 18.9 Å². The van der Waals surface area contributed by atoms with Crippen molar-refractivity contribution < 1.29 is 4.57 Å². The average Bonchev–Trinajstić information content (AvgIpc) is 2.69. The highest BCUT2D eigenvalue weighted by atomic mass is 14.9.